The third-order valence-electron chi connectivity index (χ3n) is 3.99. The van der Waals surface area contributed by atoms with Gasteiger partial charge in [-0.05, 0) is 25.5 Å². The van der Waals surface area contributed by atoms with Gasteiger partial charge in [-0.15, -0.1) is 0 Å². The summed E-state index contributed by atoms with van der Waals surface area (Å²) < 4.78 is 0. The summed E-state index contributed by atoms with van der Waals surface area (Å²) in [5.41, 5.74) is 0.313. The first-order valence-electron chi connectivity index (χ1n) is 7.83. The van der Waals surface area contributed by atoms with Crippen molar-refractivity contribution in [3.8, 4) is 0 Å². The van der Waals surface area contributed by atoms with E-state index >= 15 is 0 Å². The fourth-order valence-electron chi connectivity index (χ4n) is 2.81. The molecule has 0 bridgehead atoms. The molecule has 2 rings (SSSR count). The first-order valence-corrected chi connectivity index (χ1v) is 7.83. The normalized spacial score (nSPS) is 25.2. The molecule has 0 spiro atoms. The number of carbonyl (C=O) groups is 2. The molecule has 1 aromatic rings. The molecule has 1 saturated heterocycles. The summed E-state index contributed by atoms with van der Waals surface area (Å²) >= 11 is 0. The number of aliphatic hydroxyl groups is 2. The topological polar surface area (TPSA) is 103 Å². The van der Waals surface area contributed by atoms with Crippen LogP contribution in [-0.4, -0.2) is 62.7 Å². The Bertz CT molecular complexity index is 552. The van der Waals surface area contributed by atoms with Gasteiger partial charge in [0.25, 0.3) is 5.91 Å². The number of carbonyl (C=O) groups excluding carboxylic acids is 2. The molecule has 2 amide bonds. The van der Waals surface area contributed by atoms with Gasteiger partial charge in [-0.2, -0.15) is 0 Å². The van der Waals surface area contributed by atoms with E-state index in [0.29, 0.717) is 5.56 Å². The van der Waals surface area contributed by atoms with Crippen LogP contribution in [0.25, 0.3) is 0 Å². The lowest BCUT2D eigenvalue weighted by atomic mass is 10.1. The van der Waals surface area contributed by atoms with Crippen LogP contribution in [0.3, 0.4) is 0 Å². The molecule has 2 heterocycles. The molecule has 7 heteroatoms. The molecule has 0 aromatic carbocycles. The number of hydrogen-bond acceptors (Lipinski definition) is 5. The molecule has 1 unspecified atom stereocenters. The highest BCUT2D eigenvalue weighted by molar-refractivity contribution is 5.98. The molecule has 0 saturated carbocycles. The Morgan fingerprint density at radius 2 is 2.22 bits per heavy atom. The molecule has 1 aliphatic heterocycles. The Kier molecular flexibility index (Phi) is 5.68. The van der Waals surface area contributed by atoms with Crippen LogP contribution >= 0.6 is 0 Å². The van der Waals surface area contributed by atoms with Crippen molar-refractivity contribution in [3.63, 3.8) is 0 Å². The molecule has 7 nitrogen and oxygen atoms in total. The van der Waals surface area contributed by atoms with Crippen molar-refractivity contribution < 1.29 is 19.8 Å². The Balaban J connectivity index is 2.17. The maximum Gasteiger partial charge on any atom is 0.256 e. The summed E-state index contributed by atoms with van der Waals surface area (Å²) in [6.07, 6.45) is 2.20. The molecule has 0 radical (unpaired) electrons. The number of aromatic nitrogens is 1. The number of nitrogens with zero attached hydrogens (tertiary/aromatic N) is 2. The lowest BCUT2D eigenvalue weighted by Gasteiger charge is -2.26. The summed E-state index contributed by atoms with van der Waals surface area (Å²) in [6, 6.07) is 2.04. The summed E-state index contributed by atoms with van der Waals surface area (Å²) in [5, 5.41) is 22.8. The van der Waals surface area contributed by atoms with Gasteiger partial charge in [-0.1, -0.05) is 13.3 Å². The van der Waals surface area contributed by atoms with E-state index < -0.39 is 30.1 Å². The lowest BCUT2D eigenvalue weighted by molar-refractivity contribution is -0.128. The van der Waals surface area contributed by atoms with Gasteiger partial charge in [0.2, 0.25) is 5.91 Å². The number of rotatable bonds is 5. The van der Waals surface area contributed by atoms with E-state index in [1.54, 1.807) is 18.3 Å². The Morgan fingerprint density at radius 1 is 1.48 bits per heavy atom. The SMILES string of the molecule is CCCC(C)NC(=O)[C@@H]1[C@@H](O)[C@@H](O)CN1C(=O)c1cccnc1. The second-order valence-electron chi connectivity index (χ2n) is 5.90. The minimum absolute atomic E-state index is 0.0622. The predicted molar refractivity (Wildman–Crippen MR) is 83.6 cm³/mol. The van der Waals surface area contributed by atoms with E-state index in [4.69, 9.17) is 0 Å². The van der Waals surface area contributed by atoms with Gasteiger partial charge >= 0.3 is 0 Å². The minimum atomic E-state index is -1.30. The number of aliphatic hydroxyl groups excluding tert-OH is 2. The molecule has 3 N–H and O–H groups in total. The molecule has 4 atom stereocenters. The molecular formula is C16H23N3O4. The van der Waals surface area contributed by atoms with Crippen LogP contribution in [0.1, 0.15) is 37.0 Å². The van der Waals surface area contributed by atoms with Crippen LogP contribution in [0.2, 0.25) is 0 Å². The highest BCUT2D eigenvalue weighted by Crippen LogP contribution is 2.21. The zero-order valence-electron chi connectivity index (χ0n) is 13.3. The maximum atomic E-state index is 12.5. The van der Waals surface area contributed by atoms with Gasteiger partial charge in [0.15, 0.2) is 0 Å². The van der Waals surface area contributed by atoms with E-state index in [2.05, 4.69) is 10.3 Å². The van der Waals surface area contributed by atoms with Crippen LogP contribution in [0.5, 0.6) is 0 Å². The number of amides is 2. The minimum Gasteiger partial charge on any atom is -0.388 e. The van der Waals surface area contributed by atoms with Gasteiger partial charge in [-0.25, -0.2) is 0 Å². The van der Waals surface area contributed by atoms with E-state index in [9.17, 15) is 19.8 Å². The number of likely N-dealkylation sites (tertiary alicyclic amines) is 1. The molecule has 1 aliphatic rings. The van der Waals surface area contributed by atoms with Crippen LogP contribution < -0.4 is 5.32 Å². The van der Waals surface area contributed by atoms with Gasteiger partial charge in [0.05, 0.1) is 12.1 Å². The Morgan fingerprint density at radius 3 is 2.83 bits per heavy atom. The molecule has 1 aromatic heterocycles. The quantitative estimate of drug-likeness (QED) is 0.705. The van der Waals surface area contributed by atoms with Gasteiger partial charge in [0, 0.05) is 18.4 Å². The summed E-state index contributed by atoms with van der Waals surface area (Å²) in [7, 11) is 0. The number of β-amino-alcohol motifs (C(OH)–C–C–N with tert-alkyl or cyclic N) is 1. The Hall–Kier alpha value is -1.99. The van der Waals surface area contributed by atoms with Crippen molar-refractivity contribution in [2.75, 3.05) is 6.54 Å². The smallest absolute Gasteiger partial charge is 0.256 e. The first kappa shape index (κ1) is 17.4. The van der Waals surface area contributed by atoms with Gasteiger partial charge < -0.3 is 20.4 Å². The van der Waals surface area contributed by atoms with E-state index in [0.717, 1.165) is 12.8 Å². The second kappa shape index (κ2) is 7.52. The molecule has 126 valence electrons. The van der Waals surface area contributed by atoms with E-state index in [-0.39, 0.29) is 12.6 Å². The molecule has 23 heavy (non-hydrogen) atoms. The van der Waals surface area contributed by atoms with Crippen molar-refractivity contribution in [2.24, 2.45) is 0 Å². The van der Waals surface area contributed by atoms with E-state index in [1.165, 1.54) is 11.1 Å². The monoisotopic (exact) mass is 321 g/mol. The van der Waals surface area contributed by atoms with Crippen molar-refractivity contribution in [2.45, 2.75) is 51.0 Å². The first-order chi connectivity index (χ1) is 11.0. The third kappa shape index (κ3) is 3.86. The van der Waals surface area contributed by atoms with E-state index in [1.807, 2.05) is 13.8 Å². The zero-order valence-corrected chi connectivity index (χ0v) is 13.3. The number of pyridine rings is 1. The van der Waals surface area contributed by atoms with Crippen molar-refractivity contribution >= 4 is 11.8 Å². The molecular weight excluding hydrogens is 298 g/mol. The Labute approximate surface area is 135 Å². The molecule has 0 aliphatic carbocycles. The highest BCUT2D eigenvalue weighted by atomic mass is 16.3. The maximum absolute atomic E-state index is 12.5. The summed E-state index contributed by atoms with van der Waals surface area (Å²) in [4.78, 5) is 30.1. The lowest BCUT2D eigenvalue weighted by Crippen LogP contribution is -2.52. The fourth-order valence-corrected chi connectivity index (χ4v) is 2.81. The van der Waals surface area contributed by atoms with Gasteiger partial charge in [-0.3, -0.25) is 14.6 Å². The van der Waals surface area contributed by atoms with Crippen LogP contribution in [0.4, 0.5) is 0 Å². The van der Waals surface area contributed by atoms with Crippen molar-refractivity contribution in [3.05, 3.63) is 30.1 Å². The van der Waals surface area contributed by atoms with Gasteiger partial charge in [0.1, 0.15) is 18.2 Å². The van der Waals surface area contributed by atoms with Crippen LogP contribution in [-0.2, 0) is 4.79 Å². The average molecular weight is 321 g/mol. The molecule has 1 fully saturated rings. The van der Waals surface area contributed by atoms with Crippen LogP contribution in [0.15, 0.2) is 24.5 Å². The largest absolute Gasteiger partial charge is 0.388 e. The summed E-state index contributed by atoms with van der Waals surface area (Å²) in [5.74, 6) is -0.885. The highest BCUT2D eigenvalue weighted by Gasteiger charge is 2.46. The average Bonchev–Trinajstić information content (AvgIpc) is 2.83. The number of nitrogens with one attached hydrogen (secondary N) is 1. The number of hydrogen-bond donors (Lipinski definition) is 3. The van der Waals surface area contributed by atoms with Crippen LogP contribution in [0, 0.1) is 0 Å². The van der Waals surface area contributed by atoms with Crippen molar-refractivity contribution in [1.29, 1.82) is 0 Å². The standard InChI is InChI=1S/C16H23N3O4/c1-3-5-10(2)18-15(22)13-14(21)12(20)9-19(13)16(23)11-6-4-7-17-8-11/h4,6-8,10,12-14,20-21H,3,5,9H2,1-2H3,(H,18,22)/t10?,12-,13-,14-/m0/s1. The second-order valence-corrected chi connectivity index (χ2v) is 5.90. The third-order valence-corrected chi connectivity index (χ3v) is 3.99. The summed E-state index contributed by atoms with van der Waals surface area (Å²) in [6.45, 7) is 3.79. The van der Waals surface area contributed by atoms with Crippen molar-refractivity contribution in [1.82, 2.24) is 15.2 Å². The predicted octanol–water partition coefficient (Wildman–Crippen LogP) is -0.0674. The fraction of sp³-hybridized carbons (Fsp3) is 0.562. The zero-order chi connectivity index (χ0) is 17.0.